The van der Waals surface area contributed by atoms with E-state index in [0.29, 0.717) is 27.6 Å². The van der Waals surface area contributed by atoms with Gasteiger partial charge in [0.15, 0.2) is 0 Å². The number of amides is 3. The lowest BCUT2D eigenvalue weighted by Gasteiger charge is -2.37. The van der Waals surface area contributed by atoms with E-state index < -0.39 is 5.91 Å². The van der Waals surface area contributed by atoms with E-state index in [1.807, 2.05) is 0 Å². The molecule has 2 bridgehead atoms. The van der Waals surface area contributed by atoms with Crippen molar-refractivity contribution in [3.8, 4) is 0 Å². The molecule has 0 spiro atoms. The molecule has 26 heavy (non-hydrogen) atoms. The van der Waals surface area contributed by atoms with Crippen molar-refractivity contribution in [2.75, 3.05) is 11.9 Å². The van der Waals surface area contributed by atoms with Gasteiger partial charge < -0.3 is 5.32 Å². The average Bonchev–Trinajstić information content (AvgIpc) is 3.39. The lowest BCUT2D eigenvalue weighted by atomic mass is 9.63. The molecule has 0 unspecified atom stereocenters. The van der Waals surface area contributed by atoms with Gasteiger partial charge in [-0.05, 0) is 48.3 Å². The Balaban J connectivity index is 1.33. The number of nitrogens with zero attached hydrogens (tertiary/aromatic N) is 1. The molecule has 4 aliphatic carbocycles. The molecule has 3 fully saturated rings. The molecule has 1 saturated heterocycles. The zero-order valence-corrected chi connectivity index (χ0v) is 15.2. The number of allylic oxidation sites excluding steroid dienone is 2. The number of halogens is 2. The largest absolute Gasteiger partial charge is 0.323 e. The number of benzene rings is 1. The summed E-state index contributed by atoms with van der Waals surface area (Å²) in [6.07, 6.45) is 5.34. The minimum atomic E-state index is -0.444. The van der Waals surface area contributed by atoms with Crippen LogP contribution in [0.3, 0.4) is 0 Å². The molecule has 0 aromatic heterocycles. The van der Waals surface area contributed by atoms with E-state index in [1.165, 1.54) is 6.07 Å². The first-order valence-corrected chi connectivity index (χ1v) is 9.50. The molecule has 2 saturated carbocycles. The first-order valence-electron chi connectivity index (χ1n) is 8.74. The summed E-state index contributed by atoms with van der Waals surface area (Å²) in [4.78, 5) is 39.2. The number of anilines is 1. The van der Waals surface area contributed by atoms with E-state index in [0.717, 1.165) is 11.3 Å². The first kappa shape index (κ1) is 16.3. The fraction of sp³-hybridized carbons (Fsp3) is 0.421. The predicted molar refractivity (Wildman–Crippen MR) is 96.5 cm³/mol. The highest BCUT2D eigenvalue weighted by Gasteiger charge is 2.67. The molecular weight excluding hydrogens is 375 g/mol. The van der Waals surface area contributed by atoms with E-state index in [2.05, 4.69) is 17.5 Å². The Bertz CT molecular complexity index is 848. The summed E-state index contributed by atoms with van der Waals surface area (Å²) in [6.45, 7) is -0.279. The fourth-order valence-corrected chi connectivity index (χ4v) is 5.55. The highest BCUT2D eigenvalue weighted by Crippen LogP contribution is 2.65. The quantitative estimate of drug-likeness (QED) is 0.637. The van der Waals surface area contributed by atoms with Crippen LogP contribution in [0.25, 0.3) is 0 Å². The summed E-state index contributed by atoms with van der Waals surface area (Å²) >= 11 is 11.9. The number of hydrogen-bond acceptors (Lipinski definition) is 3. The lowest BCUT2D eigenvalue weighted by molar-refractivity contribution is -0.142. The summed E-state index contributed by atoms with van der Waals surface area (Å²) < 4.78 is 0. The third-order valence-electron chi connectivity index (χ3n) is 6.26. The van der Waals surface area contributed by atoms with Crippen molar-refractivity contribution in [2.45, 2.75) is 6.42 Å². The molecule has 1 N–H and O–H groups in total. The third-order valence-corrected chi connectivity index (χ3v) is 6.81. The van der Waals surface area contributed by atoms with Gasteiger partial charge in [-0.2, -0.15) is 0 Å². The zero-order valence-electron chi connectivity index (χ0n) is 13.7. The maximum Gasteiger partial charge on any atom is 0.244 e. The normalized spacial score (nSPS) is 36.2. The fourth-order valence-electron chi connectivity index (χ4n) is 5.10. The Kier molecular flexibility index (Phi) is 3.50. The average molecular weight is 391 g/mol. The van der Waals surface area contributed by atoms with Crippen molar-refractivity contribution >= 4 is 46.6 Å². The molecule has 1 aromatic rings. The van der Waals surface area contributed by atoms with Crippen molar-refractivity contribution in [3.63, 3.8) is 0 Å². The molecule has 134 valence electrons. The second kappa shape index (κ2) is 5.57. The smallest absolute Gasteiger partial charge is 0.244 e. The number of carbonyl (C=O) groups excluding carboxylic acids is 3. The maximum atomic E-state index is 12.9. The molecule has 5 nitrogen and oxygen atoms in total. The standard InChI is InChI=1S/C19H16Cl2N2O3/c20-8-1-4-14(13(21)5-8)22-15(24)7-23-18(25)16-9-2-3-10(12-6-11(9)12)17(16)19(23)26/h1-5,9-12,16-17H,6-7H2,(H,22,24)/t9-,10-,11-,12+,16+,17+/m0/s1. The topological polar surface area (TPSA) is 66.5 Å². The van der Waals surface area contributed by atoms with Crippen LogP contribution in [-0.2, 0) is 14.4 Å². The van der Waals surface area contributed by atoms with Gasteiger partial charge in [-0.1, -0.05) is 35.4 Å². The van der Waals surface area contributed by atoms with Crippen LogP contribution in [-0.4, -0.2) is 29.2 Å². The van der Waals surface area contributed by atoms with Gasteiger partial charge in [-0.25, -0.2) is 0 Å². The first-order chi connectivity index (χ1) is 12.5. The van der Waals surface area contributed by atoms with Gasteiger partial charge in [-0.15, -0.1) is 0 Å². The van der Waals surface area contributed by atoms with Crippen LogP contribution in [0, 0.1) is 35.5 Å². The van der Waals surface area contributed by atoms with Crippen molar-refractivity contribution in [1.29, 1.82) is 0 Å². The van der Waals surface area contributed by atoms with Crippen LogP contribution in [0.15, 0.2) is 30.4 Å². The van der Waals surface area contributed by atoms with Gasteiger partial charge in [0, 0.05) is 5.02 Å². The number of imide groups is 1. The molecule has 5 aliphatic rings. The lowest BCUT2D eigenvalue weighted by Crippen LogP contribution is -2.40. The molecule has 1 aliphatic heterocycles. The van der Waals surface area contributed by atoms with Crippen LogP contribution in [0.4, 0.5) is 5.69 Å². The van der Waals surface area contributed by atoms with E-state index in [9.17, 15) is 14.4 Å². The summed E-state index contributed by atoms with van der Waals surface area (Å²) in [5, 5.41) is 3.42. The Labute approximate surface area is 160 Å². The Hall–Kier alpha value is -1.85. The minimum Gasteiger partial charge on any atom is -0.323 e. The zero-order chi connectivity index (χ0) is 18.2. The van der Waals surface area contributed by atoms with Crippen LogP contribution < -0.4 is 5.32 Å². The second-order valence-electron chi connectivity index (χ2n) is 7.59. The highest BCUT2D eigenvalue weighted by atomic mass is 35.5. The van der Waals surface area contributed by atoms with Gasteiger partial charge in [0.25, 0.3) is 0 Å². The predicted octanol–water partition coefficient (Wildman–Crippen LogP) is 2.99. The number of hydrogen-bond donors (Lipinski definition) is 1. The molecule has 3 amide bonds. The number of rotatable bonds is 3. The molecule has 6 rings (SSSR count). The van der Waals surface area contributed by atoms with Gasteiger partial charge in [0.1, 0.15) is 6.54 Å². The molecule has 1 heterocycles. The Morgan fingerprint density at radius 2 is 1.69 bits per heavy atom. The van der Waals surface area contributed by atoms with Gasteiger partial charge >= 0.3 is 0 Å². The van der Waals surface area contributed by atoms with E-state index in [4.69, 9.17) is 23.2 Å². The van der Waals surface area contributed by atoms with Crippen LogP contribution >= 0.6 is 23.2 Å². The van der Waals surface area contributed by atoms with Crippen molar-refractivity contribution in [3.05, 3.63) is 40.4 Å². The van der Waals surface area contributed by atoms with Crippen molar-refractivity contribution < 1.29 is 14.4 Å². The van der Waals surface area contributed by atoms with E-state index in [-0.39, 0.29) is 42.0 Å². The second-order valence-corrected chi connectivity index (χ2v) is 8.43. The van der Waals surface area contributed by atoms with Crippen LogP contribution in [0.5, 0.6) is 0 Å². The van der Waals surface area contributed by atoms with E-state index in [1.54, 1.807) is 12.1 Å². The number of carbonyl (C=O) groups is 3. The summed E-state index contributed by atoms with van der Waals surface area (Å²) in [5.74, 6) is -0.0183. The number of nitrogens with one attached hydrogen (secondary N) is 1. The maximum absolute atomic E-state index is 12.9. The van der Waals surface area contributed by atoms with Crippen LogP contribution in [0.1, 0.15) is 6.42 Å². The van der Waals surface area contributed by atoms with Gasteiger partial charge in [0.2, 0.25) is 17.7 Å². The van der Waals surface area contributed by atoms with Crippen LogP contribution in [0.2, 0.25) is 10.0 Å². The van der Waals surface area contributed by atoms with Gasteiger partial charge in [-0.3, -0.25) is 19.3 Å². The summed E-state index contributed by atoms with van der Waals surface area (Å²) in [7, 11) is 0. The summed E-state index contributed by atoms with van der Waals surface area (Å²) in [5.41, 5.74) is 0.403. The van der Waals surface area contributed by atoms with E-state index >= 15 is 0 Å². The highest BCUT2D eigenvalue weighted by molar-refractivity contribution is 6.36. The monoisotopic (exact) mass is 390 g/mol. The molecule has 7 heteroatoms. The minimum absolute atomic E-state index is 0.158. The third kappa shape index (κ3) is 2.26. The number of likely N-dealkylation sites (tertiary alicyclic amines) is 1. The Morgan fingerprint density at radius 3 is 2.27 bits per heavy atom. The van der Waals surface area contributed by atoms with Gasteiger partial charge in [0.05, 0.1) is 22.5 Å². The van der Waals surface area contributed by atoms with Crippen molar-refractivity contribution in [1.82, 2.24) is 4.90 Å². The summed E-state index contributed by atoms with van der Waals surface area (Å²) in [6, 6.07) is 4.72. The Morgan fingerprint density at radius 1 is 1.08 bits per heavy atom. The molecule has 1 aromatic carbocycles. The molecular formula is C19H16Cl2N2O3. The molecule has 0 radical (unpaired) electrons. The molecule has 6 atom stereocenters. The van der Waals surface area contributed by atoms with Crippen molar-refractivity contribution in [2.24, 2.45) is 35.5 Å². The SMILES string of the molecule is O=C(CN1C(=O)[C@@H]2[C@H]3C=C[C@@H]([C@@H]4C[C@H]34)[C@H]2C1=O)Nc1ccc(Cl)cc1Cl.